The molecule has 0 saturated carbocycles. The highest BCUT2D eigenvalue weighted by Gasteiger charge is 2.18. The number of sulfonamides is 1. The summed E-state index contributed by atoms with van der Waals surface area (Å²) in [6.45, 7) is 1.42. The molecule has 0 heterocycles. The van der Waals surface area contributed by atoms with Gasteiger partial charge in [-0.1, -0.05) is 28.1 Å². The molecule has 22 heavy (non-hydrogen) atoms. The van der Waals surface area contributed by atoms with Crippen molar-refractivity contribution in [1.29, 1.82) is 0 Å². The molecule has 0 aromatic heterocycles. The van der Waals surface area contributed by atoms with E-state index in [9.17, 15) is 13.2 Å². The van der Waals surface area contributed by atoms with Crippen molar-refractivity contribution in [2.75, 3.05) is 16.7 Å². The molecule has 0 atom stereocenters. The third kappa shape index (κ3) is 3.66. The monoisotopic (exact) mass is 382 g/mol. The molecule has 2 aromatic carbocycles. The van der Waals surface area contributed by atoms with Crippen LogP contribution in [0.5, 0.6) is 0 Å². The molecule has 0 radical (unpaired) electrons. The molecule has 7 heteroatoms. The van der Waals surface area contributed by atoms with E-state index in [1.54, 1.807) is 43.4 Å². The Bertz CT molecular complexity index is 789. The van der Waals surface area contributed by atoms with Gasteiger partial charge in [-0.3, -0.25) is 9.52 Å². The lowest BCUT2D eigenvalue weighted by atomic mass is 10.2. The molecule has 1 N–H and O–H groups in total. The van der Waals surface area contributed by atoms with Gasteiger partial charge in [0.15, 0.2) is 0 Å². The van der Waals surface area contributed by atoms with Crippen LogP contribution in [0.3, 0.4) is 0 Å². The Hall–Kier alpha value is -1.86. The summed E-state index contributed by atoms with van der Waals surface area (Å²) in [5.74, 6) is -0.185. The Morgan fingerprint density at radius 1 is 1.09 bits per heavy atom. The number of rotatable bonds is 4. The molecule has 1 amide bonds. The molecule has 2 rings (SSSR count). The first kappa shape index (κ1) is 16.5. The quantitative estimate of drug-likeness (QED) is 0.882. The molecular formula is C15H15BrN2O3S. The van der Waals surface area contributed by atoms with Gasteiger partial charge in [-0.2, -0.15) is 0 Å². The van der Waals surface area contributed by atoms with E-state index in [1.165, 1.54) is 24.0 Å². The van der Waals surface area contributed by atoms with Crippen LogP contribution in [0.1, 0.15) is 6.92 Å². The Morgan fingerprint density at radius 2 is 1.68 bits per heavy atom. The highest BCUT2D eigenvalue weighted by Crippen LogP contribution is 2.27. The molecule has 0 bridgehead atoms. The molecule has 5 nitrogen and oxygen atoms in total. The minimum absolute atomic E-state index is 0.149. The van der Waals surface area contributed by atoms with E-state index in [1.807, 2.05) is 0 Å². The third-order valence-electron chi connectivity index (χ3n) is 3.11. The molecule has 0 saturated heterocycles. The van der Waals surface area contributed by atoms with Crippen molar-refractivity contribution in [3.8, 4) is 0 Å². The number of amides is 1. The molecule has 0 aliphatic rings. The SMILES string of the molecule is CC(=O)N(C)c1ccccc1NS(=O)(=O)c1ccc(Br)cc1. The maximum atomic E-state index is 12.4. The van der Waals surface area contributed by atoms with Gasteiger partial charge in [0, 0.05) is 18.4 Å². The number of nitrogens with zero attached hydrogens (tertiary/aromatic N) is 1. The number of hydrogen-bond acceptors (Lipinski definition) is 3. The summed E-state index contributed by atoms with van der Waals surface area (Å²) in [7, 11) is -2.13. The summed E-state index contributed by atoms with van der Waals surface area (Å²) >= 11 is 3.27. The predicted octanol–water partition coefficient (Wildman–Crippen LogP) is 3.23. The van der Waals surface area contributed by atoms with Gasteiger partial charge in [0.05, 0.1) is 16.3 Å². The number of benzene rings is 2. The van der Waals surface area contributed by atoms with Crippen LogP contribution in [-0.2, 0) is 14.8 Å². The normalized spacial score (nSPS) is 11.0. The van der Waals surface area contributed by atoms with Gasteiger partial charge < -0.3 is 4.90 Å². The molecule has 2 aromatic rings. The van der Waals surface area contributed by atoms with Gasteiger partial charge in [0.25, 0.3) is 10.0 Å². The maximum Gasteiger partial charge on any atom is 0.261 e. The third-order valence-corrected chi connectivity index (χ3v) is 5.02. The lowest BCUT2D eigenvalue weighted by molar-refractivity contribution is -0.116. The molecule has 0 spiro atoms. The zero-order chi connectivity index (χ0) is 16.3. The minimum Gasteiger partial charge on any atom is -0.314 e. The lowest BCUT2D eigenvalue weighted by Crippen LogP contribution is -2.24. The van der Waals surface area contributed by atoms with E-state index in [-0.39, 0.29) is 10.8 Å². The Balaban J connectivity index is 2.38. The minimum atomic E-state index is -3.72. The van der Waals surface area contributed by atoms with Crippen LogP contribution < -0.4 is 9.62 Å². The zero-order valence-electron chi connectivity index (χ0n) is 12.1. The van der Waals surface area contributed by atoms with E-state index in [2.05, 4.69) is 20.7 Å². The fraction of sp³-hybridized carbons (Fsp3) is 0.133. The first-order valence-corrected chi connectivity index (χ1v) is 8.70. The van der Waals surface area contributed by atoms with Crippen molar-refractivity contribution in [3.05, 3.63) is 53.0 Å². The molecule has 0 aliphatic carbocycles. The highest BCUT2D eigenvalue weighted by molar-refractivity contribution is 9.10. The molecule has 0 unspecified atom stereocenters. The fourth-order valence-electron chi connectivity index (χ4n) is 1.84. The fourth-order valence-corrected chi connectivity index (χ4v) is 3.18. The predicted molar refractivity (Wildman–Crippen MR) is 90.5 cm³/mol. The Morgan fingerprint density at radius 3 is 2.27 bits per heavy atom. The summed E-state index contributed by atoms with van der Waals surface area (Å²) in [5.41, 5.74) is 0.846. The molecule has 116 valence electrons. The first-order chi connectivity index (χ1) is 10.3. The van der Waals surface area contributed by atoms with E-state index in [0.717, 1.165) is 4.47 Å². The lowest BCUT2D eigenvalue weighted by Gasteiger charge is -2.19. The number of carbonyl (C=O) groups is 1. The van der Waals surface area contributed by atoms with Gasteiger partial charge in [0.2, 0.25) is 5.91 Å². The smallest absolute Gasteiger partial charge is 0.261 e. The summed E-state index contributed by atoms with van der Waals surface area (Å²) < 4.78 is 28.2. The van der Waals surface area contributed by atoms with E-state index in [0.29, 0.717) is 11.4 Å². The van der Waals surface area contributed by atoms with Crippen molar-refractivity contribution in [1.82, 2.24) is 0 Å². The second-order valence-electron chi connectivity index (χ2n) is 4.65. The highest BCUT2D eigenvalue weighted by atomic mass is 79.9. The number of carbonyl (C=O) groups excluding carboxylic acids is 1. The number of halogens is 1. The number of nitrogens with one attached hydrogen (secondary N) is 1. The van der Waals surface area contributed by atoms with Crippen molar-refractivity contribution < 1.29 is 13.2 Å². The second-order valence-corrected chi connectivity index (χ2v) is 7.25. The first-order valence-electron chi connectivity index (χ1n) is 6.43. The Labute approximate surface area is 138 Å². The number of hydrogen-bond donors (Lipinski definition) is 1. The molecule has 0 aliphatic heterocycles. The summed E-state index contributed by atoms with van der Waals surface area (Å²) in [6.07, 6.45) is 0. The second kappa shape index (κ2) is 6.50. The van der Waals surface area contributed by atoms with Crippen molar-refractivity contribution in [3.63, 3.8) is 0 Å². The van der Waals surface area contributed by atoms with Crippen molar-refractivity contribution >= 4 is 43.2 Å². The van der Waals surface area contributed by atoms with Gasteiger partial charge in [-0.05, 0) is 36.4 Å². The molecule has 0 fully saturated rings. The van der Waals surface area contributed by atoms with Crippen LogP contribution in [0.4, 0.5) is 11.4 Å². The largest absolute Gasteiger partial charge is 0.314 e. The number of anilines is 2. The van der Waals surface area contributed by atoms with Crippen molar-refractivity contribution in [2.45, 2.75) is 11.8 Å². The van der Waals surface area contributed by atoms with Gasteiger partial charge in [0.1, 0.15) is 0 Å². The standard InChI is InChI=1S/C15H15BrN2O3S/c1-11(19)18(2)15-6-4-3-5-14(15)17-22(20,21)13-9-7-12(16)8-10-13/h3-10,17H,1-2H3. The van der Waals surface area contributed by atoms with Crippen LogP contribution in [0.25, 0.3) is 0 Å². The van der Waals surface area contributed by atoms with Gasteiger partial charge in [-0.15, -0.1) is 0 Å². The van der Waals surface area contributed by atoms with E-state index >= 15 is 0 Å². The van der Waals surface area contributed by atoms with Crippen LogP contribution in [-0.4, -0.2) is 21.4 Å². The average Bonchev–Trinajstić information content (AvgIpc) is 2.47. The summed E-state index contributed by atoms with van der Waals surface area (Å²) in [4.78, 5) is 13.1. The van der Waals surface area contributed by atoms with E-state index in [4.69, 9.17) is 0 Å². The maximum absolute atomic E-state index is 12.4. The van der Waals surface area contributed by atoms with Crippen LogP contribution in [0.2, 0.25) is 0 Å². The van der Waals surface area contributed by atoms with Crippen LogP contribution in [0, 0.1) is 0 Å². The topological polar surface area (TPSA) is 66.5 Å². The molecular weight excluding hydrogens is 368 g/mol. The number of para-hydroxylation sites is 2. The zero-order valence-corrected chi connectivity index (χ0v) is 14.5. The average molecular weight is 383 g/mol. The summed E-state index contributed by atoms with van der Waals surface area (Å²) in [6, 6.07) is 13.1. The van der Waals surface area contributed by atoms with Gasteiger partial charge in [-0.25, -0.2) is 8.42 Å². The van der Waals surface area contributed by atoms with Crippen LogP contribution in [0.15, 0.2) is 57.9 Å². The Kier molecular flexibility index (Phi) is 4.87. The van der Waals surface area contributed by atoms with Crippen LogP contribution >= 0.6 is 15.9 Å². The van der Waals surface area contributed by atoms with Gasteiger partial charge >= 0.3 is 0 Å². The van der Waals surface area contributed by atoms with Crippen molar-refractivity contribution in [2.24, 2.45) is 0 Å². The van der Waals surface area contributed by atoms with E-state index < -0.39 is 10.0 Å². The summed E-state index contributed by atoms with van der Waals surface area (Å²) in [5, 5.41) is 0.